The maximum absolute atomic E-state index is 11.9. The van der Waals surface area contributed by atoms with E-state index in [4.69, 9.17) is 4.74 Å². The number of carboxylic acids is 1. The van der Waals surface area contributed by atoms with Crippen LogP contribution in [-0.4, -0.2) is 45.7 Å². The molecule has 1 aromatic heterocycles. The van der Waals surface area contributed by atoms with Crippen molar-refractivity contribution in [3.63, 3.8) is 0 Å². The van der Waals surface area contributed by atoms with E-state index in [9.17, 15) is 14.7 Å². The van der Waals surface area contributed by atoms with Gasteiger partial charge in [-0.05, 0) is 32.9 Å². The molecular formula is C13H20N2O4. The molecule has 1 heterocycles. The zero-order chi connectivity index (χ0) is 14.6. The van der Waals surface area contributed by atoms with Gasteiger partial charge in [-0.15, -0.1) is 0 Å². The molecule has 1 unspecified atom stereocenters. The average Bonchev–Trinajstić information content (AvgIpc) is 2.74. The first-order valence-corrected chi connectivity index (χ1v) is 6.01. The number of aromatic amines is 1. The van der Waals surface area contributed by atoms with Crippen LogP contribution < -0.4 is 0 Å². The minimum absolute atomic E-state index is 0.206. The molecule has 6 nitrogen and oxygen atoms in total. The van der Waals surface area contributed by atoms with Gasteiger partial charge in [-0.25, -0.2) is 9.59 Å². The summed E-state index contributed by atoms with van der Waals surface area (Å²) in [5, 5.41) is 9.23. The van der Waals surface area contributed by atoms with Gasteiger partial charge in [0.1, 0.15) is 11.6 Å². The molecule has 0 saturated heterocycles. The Bertz CT molecular complexity index is 434. The summed E-state index contributed by atoms with van der Waals surface area (Å²) >= 11 is 0. The van der Waals surface area contributed by atoms with Gasteiger partial charge in [0.15, 0.2) is 0 Å². The monoisotopic (exact) mass is 268 g/mol. The number of carboxylic acid groups (broad SMARTS) is 1. The predicted molar refractivity (Wildman–Crippen MR) is 69.9 cm³/mol. The van der Waals surface area contributed by atoms with E-state index in [2.05, 4.69) is 4.98 Å². The van der Waals surface area contributed by atoms with Crippen LogP contribution in [0, 0.1) is 0 Å². The second-order valence-electron chi connectivity index (χ2n) is 5.34. The van der Waals surface area contributed by atoms with Gasteiger partial charge in [-0.3, -0.25) is 4.90 Å². The van der Waals surface area contributed by atoms with Crippen molar-refractivity contribution in [3.05, 3.63) is 24.0 Å². The molecule has 0 aliphatic carbocycles. The first-order chi connectivity index (χ1) is 8.70. The Balaban J connectivity index is 2.76. The number of rotatable bonds is 4. The SMILES string of the molecule is CN(C(=O)OC(C)(C)C)C(Cc1ccc[nH]1)C(=O)O. The van der Waals surface area contributed by atoms with Gasteiger partial charge >= 0.3 is 12.1 Å². The van der Waals surface area contributed by atoms with Crippen molar-refractivity contribution < 1.29 is 19.4 Å². The van der Waals surface area contributed by atoms with Gasteiger partial charge in [-0.1, -0.05) is 0 Å². The number of hydrogen-bond donors (Lipinski definition) is 2. The first-order valence-electron chi connectivity index (χ1n) is 6.01. The van der Waals surface area contributed by atoms with Crippen LogP contribution in [0.4, 0.5) is 4.79 Å². The van der Waals surface area contributed by atoms with Gasteiger partial charge < -0.3 is 14.8 Å². The standard InChI is InChI=1S/C13H20N2O4/c1-13(2,3)19-12(18)15(4)10(11(16)17)8-9-6-5-7-14-9/h5-7,10,14H,8H2,1-4H3,(H,16,17). The fraction of sp³-hybridized carbons (Fsp3) is 0.538. The summed E-state index contributed by atoms with van der Waals surface area (Å²) in [6, 6.07) is 2.59. The van der Waals surface area contributed by atoms with E-state index in [1.165, 1.54) is 7.05 Å². The second-order valence-corrected chi connectivity index (χ2v) is 5.34. The number of nitrogens with one attached hydrogen (secondary N) is 1. The summed E-state index contributed by atoms with van der Waals surface area (Å²) in [5.74, 6) is -1.07. The molecule has 0 spiro atoms. The molecule has 2 N–H and O–H groups in total. The average molecular weight is 268 g/mol. The lowest BCUT2D eigenvalue weighted by Crippen LogP contribution is -2.46. The van der Waals surface area contributed by atoms with E-state index < -0.39 is 23.7 Å². The van der Waals surface area contributed by atoms with Crippen LogP contribution in [0.25, 0.3) is 0 Å². The highest BCUT2D eigenvalue weighted by Crippen LogP contribution is 2.13. The topological polar surface area (TPSA) is 82.6 Å². The van der Waals surface area contributed by atoms with Gasteiger partial charge in [-0.2, -0.15) is 0 Å². The molecule has 0 saturated carbocycles. The highest BCUT2D eigenvalue weighted by atomic mass is 16.6. The van der Waals surface area contributed by atoms with E-state index in [0.29, 0.717) is 0 Å². The van der Waals surface area contributed by atoms with E-state index in [-0.39, 0.29) is 6.42 Å². The third kappa shape index (κ3) is 4.65. The van der Waals surface area contributed by atoms with Crippen molar-refractivity contribution >= 4 is 12.1 Å². The van der Waals surface area contributed by atoms with Crippen LogP contribution in [0.5, 0.6) is 0 Å². The minimum Gasteiger partial charge on any atom is -0.480 e. The highest BCUT2D eigenvalue weighted by molar-refractivity contribution is 5.80. The van der Waals surface area contributed by atoms with Crippen molar-refractivity contribution in [2.24, 2.45) is 0 Å². The molecule has 1 aromatic rings. The number of likely N-dealkylation sites (N-methyl/N-ethyl adjacent to an activating group) is 1. The Morgan fingerprint density at radius 3 is 2.53 bits per heavy atom. The lowest BCUT2D eigenvalue weighted by atomic mass is 10.1. The molecule has 6 heteroatoms. The maximum atomic E-state index is 11.9. The number of carbonyl (C=O) groups is 2. The van der Waals surface area contributed by atoms with Crippen LogP contribution in [0.3, 0.4) is 0 Å². The largest absolute Gasteiger partial charge is 0.480 e. The molecule has 1 atom stereocenters. The number of carbonyl (C=O) groups excluding carboxylic acids is 1. The molecule has 0 aromatic carbocycles. The molecule has 1 amide bonds. The number of nitrogens with zero attached hydrogens (tertiary/aromatic N) is 1. The molecular weight excluding hydrogens is 248 g/mol. The lowest BCUT2D eigenvalue weighted by molar-refractivity contribution is -0.142. The molecule has 0 aliphatic rings. The number of H-pyrrole nitrogens is 1. The Morgan fingerprint density at radius 1 is 1.47 bits per heavy atom. The van der Waals surface area contributed by atoms with Gasteiger partial charge in [0, 0.05) is 25.4 Å². The number of amides is 1. The Labute approximate surface area is 112 Å². The summed E-state index contributed by atoms with van der Waals surface area (Å²) < 4.78 is 5.16. The number of aliphatic carboxylic acids is 1. The van der Waals surface area contributed by atoms with Gasteiger partial charge in [0.25, 0.3) is 0 Å². The molecule has 106 valence electrons. The van der Waals surface area contributed by atoms with E-state index in [0.717, 1.165) is 10.6 Å². The molecule has 0 aliphatic heterocycles. The maximum Gasteiger partial charge on any atom is 0.410 e. The molecule has 0 radical (unpaired) electrons. The van der Waals surface area contributed by atoms with Crippen molar-refractivity contribution in [2.45, 2.75) is 38.8 Å². The van der Waals surface area contributed by atoms with Gasteiger partial charge in [0.05, 0.1) is 0 Å². The van der Waals surface area contributed by atoms with Crippen LogP contribution in [0.1, 0.15) is 26.5 Å². The zero-order valence-corrected chi connectivity index (χ0v) is 11.6. The Morgan fingerprint density at radius 2 is 2.11 bits per heavy atom. The number of aromatic nitrogens is 1. The summed E-state index contributed by atoms with van der Waals surface area (Å²) in [4.78, 5) is 27.2. The lowest BCUT2D eigenvalue weighted by Gasteiger charge is -2.28. The van der Waals surface area contributed by atoms with E-state index in [1.807, 2.05) is 0 Å². The van der Waals surface area contributed by atoms with Crippen molar-refractivity contribution in [3.8, 4) is 0 Å². The van der Waals surface area contributed by atoms with Crippen molar-refractivity contribution in [1.82, 2.24) is 9.88 Å². The summed E-state index contributed by atoms with van der Waals surface area (Å²) in [7, 11) is 1.43. The summed E-state index contributed by atoms with van der Waals surface area (Å²) in [6.07, 6.45) is 1.27. The normalized spacial score (nSPS) is 12.8. The van der Waals surface area contributed by atoms with E-state index >= 15 is 0 Å². The Kier molecular flexibility index (Phi) is 4.58. The number of ether oxygens (including phenoxy) is 1. The predicted octanol–water partition coefficient (Wildman–Crippen LogP) is 1.88. The van der Waals surface area contributed by atoms with Gasteiger partial charge in [0.2, 0.25) is 0 Å². The molecule has 0 bridgehead atoms. The highest BCUT2D eigenvalue weighted by Gasteiger charge is 2.30. The zero-order valence-electron chi connectivity index (χ0n) is 11.6. The minimum atomic E-state index is -1.07. The molecule has 0 fully saturated rings. The van der Waals surface area contributed by atoms with Crippen LogP contribution in [0.2, 0.25) is 0 Å². The fourth-order valence-electron chi connectivity index (χ4n) is 1.55. The van der Waals surface area contributed by atoms with Crippen molar-refractivity contribution in [2.75, 3.05) is 7.05 Å². The second kappa shape index (κ2) is 5.77. The third-order valence-electron chi connectivity index (χ3n) is 2.51. The smallest absolute Gasteiger partial charge is 0.410 e. The number of hydrogen-bond acceptors (Lipinski definition) is 3. The molecule has 1 rings (SSSR count). The summed E-state index contributed by atoms with van der Waals surface area (Å²) in [5.41, 5.74) is 0.101. The van der Waals surface area contributed by atoms with Crippen LogP contribution in [-0.2, 0) is 16.0 Å². The van der Waals surface area contributed by atoms with Crippen LogP contribution in [0.15, 0.2) is 18.3 Å². The summed E-state index contributed by atoms with van der Waals surface area (Å²) in [6.45, 7) is 5.21. The van der Waals surface area contributed by atoms with Crippen LogP contribution >= 0.6 is 0 Å². The quantitative estimate of drug-likeness (QED) is 0.873. The van der Waals surface area contributed by atoms with Crippen molar-refractivity contribution in [1.29, 1.82) is 0 Å². The fourth-order valence-corrected chi connectivity index (χ4v) is 1.55. The first kappa shape index (κ1) is 15.1. The Hall–Kier alpha value is -1.98. The molecule has 19 heavy (non-hydrogen) atoms. The van der Waals surface area contributed by atoms with E-state index in [1.54, 1.807) is 39.1 Å². The third-order valence-corrected chi connectivity index (χ3v) is 2.51.